The first kappa shape index (κ1) is 18.4. The number of carbonyl (C=O) groups excluding carboxylic acids is 4. The summed E-state index contributed by atoms with van der Waals surface area (Å²) >= 11 is 5.71. The molecule has 1 fully saturated rings. The van der Waals surface area contributed by atoms with Crippen LogP contribution in [0.3, 0.4) is 0 Å². The smallest absolute Gasteiger partial charge is 0.322 e. The van der Waals surface area contributed by atoms with E-state index in [0.717, 1.165) is 23.1 Å². The SMILES string of the molecule is [2H]c1cc2c(cc1CCC(=O)C(F)(F)c1ccc(Cl)cc1)C([2H])([2H])N(C1CCC(=O)NC1=O)C2=O. The summed E-state index contributed by atoms with van der Waals surface area (Å²) in [4.78, 5) is 49.7. The van der Waals surface area contributed by atoms with Crippen molar-refractivity contribution < 1.29 is 32.1 Å². The predicted octanol–water partition coefficient (Wildman–Crippen LogP) is 3.39. The van der Waals surface area contributed by atoms with Crippen molar-refractivity contribution in [1.82, 2.24) is 10.2 Å². The number of fused-ring (bicyclic) bond motifs is 1. The van der Waals surface area contributed by atoms with Gasteiger partial charge in [0.2, 0.25) is 17.6 Å². The zero-order valence-electron chi connectivity index (χ0n) is 19.6. The molecule has 3 amide bonds. The number of nitrogens with zero attached hydrogens (tertiary/aromatic N) is 1. The molecule has 1 saturated heterocycles. The Hall–Kier alpha value is -3.13. The van der Waals surface area contributed by atoms with E-state index in [-0.39, 0.29) is 47.0 Å². The zero-order chi connectivity index (χ0) is 25.7. The number of piperidine rings is 1. The van der Waals surface area contributed by atoms with E-state index in [0.29, 0.717) is 0 Å². The van der Waals surface area contributed by atoms with Gasteiger partial charge in [-0.3, -0.25) is 24.5 Å². The van der Waals surface area contributed by atoms with Gasteiger partial charge in [0.05, 0.1) is 4.11 Å². The lowest BCUT2D eigenvalue weighted by Crippen LogP contribution is -2.52. The summed E-state index contributed by atoms with van der Waals surface area (Å²) in [7, 11) is 0. The Morgan fingerprint density at radius 3 is 2.66 bits per heavy atom. The molecule has 4 rings (SSSR count). The third-order valence-electron chi connectivity index (χ3n) is 5.40. The summed E-state index contributed by atoms with van der Waals surface area (Å²) in [6.07, 6.45) is -1.03. The number of carbonyl (C=O) groups is 4. The number of hydrogen-bond donors (Lipinski definition) is 1. The minimum absolute atomic E-state index is 0.0568. The predicted molar refractivity (Wildman–Crippen MR) is 111 cm³/mol. The van der Waals surface area contributed by atoms with Gasteiger partial charge in [0.25, 0.3) is 5.91 Å². The van der Waals surface area contributed by atoms with Gasteiger partial charge in [-0.05, 0) is 42.2 Å². The summed E-state index contributed by atoms with van der Waals surface area (Å²) in [5.41, 5.74) is -0.680. The number of rotatable bonds is 6. The monoisotopic (exact) mass is 463 g/mol. The fourth-order valence-electron chi connectivity index (χ4n) is 3.63. The molecule has 2 heterocycles. The van der Waals surface area contributed by atoms with Gasteiger partial charge in [0, 0.05) is 35.5 Å². The Morgan fingerprint density at radius 2 is 1.97 bits per heavy atom. The third kappa shape index (κ3) is 4.14. The summed E-state index contributed by atoms with van der Waals surface area (Å²) in [5.74, 6) is -7.30. The molecule has 2 aliphatic heterocycles. The van der Waals surface area contributed by atoms with E-state index in [1.165, 1.54) is 18.2 Å². The lowest BCUT2D eigenvalue weighted by molar-refractivity contribution is -0.144. The van der Waals surface area contributed by atoms with E-state index >= 15 is 0 Å². The van der Waals surface area contributed by atoms with Crippen LogP contribution in [0.5, 0.6) is 0 Å². The number of ketones is 1. The van der Waals surface area contributed by atoms with Gasteiger partial charge in [-0.15, -0.1) is 0 Å². The molecule has 9 heteroatoms. The summed E-state index contributed by atoms with van der Waals surface area (Å²) in [6, 6.07) is 5.46. The average molecular weight is 464 g/mol. The number of halogens is 3. The Labute approximate surface area is 191 Å². The molecule has 0 aromatic heterocycles. The standard InChI is InChI=1S/C23H19ClF2N2O4/c24-16-5-3-15(4-6-16)23(25,26)19(29)9-2-13-1-7-17-14(11-13)12-28(22(17)32)18-8-10-20(30)27-21(18)31/h1,3-7,11,18H,2,8-10,12H2,(H,27,30,31)/i1D,12D2. The number of imide groups is 1. The van der Waals surface area contributed by atoms with Crippen LogP contribution in [0, 0.1) is 0 Å². The Kier molecular flexibility index (Phi) is 4.86. The van der Waals surface area contributed by atoms with Crippen molar-refractivity contribution in [3.05, 3.63) is 69.7 Å². The van der Waals surface area contributed by atoms with Crippen molar-refractivity contribution in [2.45, 2.75) is 44.1 Å². The fourth-order valence-corrected chi connectivity index (χ4v) is 3.76. The average Bonchev–Trinajstić information content (AvgIpc) is 2.97. The van der Waals surface area contributed by atoms with Crippen LogP contribution in [0.1, 0.15) is 50.4 Å². The van der Waals surface area contributed by atoms with E-state index in [2.05, 4.69) is 5.32 Å². The Balaban J connectivity index is 1.57. The molecular formula is C23H19ClF2N2O4. The molecule has 1 N–H and O–H groups in total. The molecule has 1 atom stereocenters. The topological polar surface area (TPSA) is 83.6 Å². The maximum atomic E-state index is 14.6. The summed E-state index contributed by atoms with van der Waals surface area (Å²) < 4.78 is 54.4. The Bertz CT molecular complexity index is 1250. The van der Waals surface area contributed by atoms with Crippen LogP contribution in [0.4, 0.5) is 8.78 Å². The van der Waals surface area contributed by atoms with Crippen molar-refractivity contribution in [1.29, 1.82) is 0 Å². The molecule has 2 aromatic carbocycles. The van der Waals surface area contributed by atoms with Crippen LogP contribution >= 0.6 is 11.6 Å². The summed E-state index contributed by atoms with van der Waals surface area (Å²) in [5, 5.41) is 2.33. The molecule has 2 aliphatic rings. The van der Waals surface area contributed by atoms with Crippen molar-refractivity contribution in [3.8, 4) is 0 Å². The molecule has 6 nitrogen and oxygen atoms in total. The van der Waals surface area contributed by atoms with Crippen molar-refractivity contribution >= 4 is 35.1 Å². The Morgan fingerprint density at radius 1 is 1.25 bits per heavy atom. The maximum absolute atomic E-state index is 14.6. The van der Waals surface area contributed by atoms with Crippen molar-refractivity contribution in [2.24, 2.45) is 0 Å². The molecule has 2 aromatic rings. The lowest BCUT2D eigenvalue weighted by Gasteiger charge is -2.29. The number of alkyl halides is 2. The van der Waals surface area contributed by atoms with Crippen LogP contribution in [0.15, 0.2) is 42.4 Å². The third-order valence-corrected chi connectivity index (χ3v) is 5.65. The molecule has 0 bridgehead atoms. The van der Waals surface area contributed by atoms with Gasteiger partial charge in [-0.25, -0.2) is 0 Å². The van der Waals surface area contributed by atoms with E-state index < -0.39 is 54.0 Å². The van der Waals surface area contributed by atoms with Crippen molar-refractivity contribution in [3.63, 3.8) is 0 Å². The van der Waals surface area contributed by atoms with Gasteiger partial charge < -0.3 is 4.90 Å². The van der Waals surface area contributed by atoms with E-state index in [9.17, 15) is 28.0 Å². The van der Waals surface area contributed by atoms with Gasteiger partial charge in [0.1, 0.15) is 6.04 Å². The van der Waals surface area contributed by atoms with Gasteiger partial charge in [0.15, 0.2) is 0 Å². The molecule has 166 valence electrons. The van der Waals surface area contributed by atoms with E-state index in [1.54, 1.807) is 0 Å². The van der Waals surface area contributed by atoms with Crippen molar-refractivity contribution in [2.75, 3.05) is 0 Å². The molecule has 0 aliphatic carbocycles. The van der Waals surface area contributed by atoms with Crippen LogP contribution < -0.4 is 5.32 Å². The molecular weight excluding hydrogens is 442 g/mol. The first-order chi connectivity index (χ1) is 16.3. The highest BCUT2D eigenvalue weighted by atomic mass is 35.5. The van der Waals surface area contributed by atoms with E-state index in [1.807, 2.05) is 0 Å². The molecule has 0 spiro atoms. The number of benzene rings is 2. The summed E-state index contributed by atoms with van der Waals surface area (Å²) in [6.45, 7) is -2.45. The first-order valence-corrected chi connectivity index (χ1v) is 10.2. The number of Topliss-reactive ketones (excluding diaryl/α,β-unsaturated/α-hetero) is 1. The molecule has 32 heavy (non-hydrogen) atoms. The normalized spacial score (nSPS) is 21.5. The highest BCUT2D eigenvalue weighted by Crippen LogP contribution is 2.32. The number of nitrogens with one attached hydrogen (secondary N) is 1. The lowest BCUT2D eigenvalue weighted by atomic mass is 9.97. The molecule has 0 saturated carbocycles. The minimum atomic E-state index is -3.78. The zero-order valence-corrected chi connectivity index (χ0v) is 17.3. The van der Waals surface area contributed by atoms with Crippen LogP contribution in [-0.4, -0.2) is 34.4 Å². The minimum Gasteiger partial charge on any atom is -0.322 e. The number of aryl methyl sites for hydroxylation is 1. The van der Waals surface area contributed by atoms with Gasteiger partial charge in [-0.1, -0.05) is 35.8 Å². The highest BCUT2D eigenvalue weighted by molar-refractivity contribution is 6.30. The number of amides is 3. The quantitative estimate of drug-likeness (QED) is 0.665. The first-order valence-electron chi connectivity index (χ1n) is 11.3. The molecule has 0 radical (unpaired) electrons. The van der Waals surface area contributed by atoms with Crippen LogP contribution in [0.2, 0.25) is 5.02 Å². The second-order valence-electron chi connectivity index (χ2n) is 7.54. The second-order valence-corrected chi connectivity index (χ2v) is 7.98. The highest BCUT2D eigenvalue weighted by Gasteiger charge is 2.41. The van der Waals surface area contributed by atoms with Gasteiger partial charge in [-0.2, -0.15) is 8.78 Å². The fraction of sp³-hybridized carbons (Fsp3) is 0.304. The van der Waals surface area contributed by atoms with Crippen LogP contribution in [0.25, 0.3) is 0 Å². The van der Waals surface area contributed by atoms with Gasteiger partial charge >= 0.3 is 5.92 Å². The largest absolute Gasteiger partial charge is 0.330 e. The second kappa shape index (κ2) is 8.43. The van der Waals surface area contributed by atoms with Crippen LogP contribution in [-0.2, 0) is 33.2 Å². The molecule has 1 unspecified atom stereocenters. The number of hydrogen-bond acceptors (Lipinski definition) is 4. The maximum Gasteiger partial charge on any atom is 0.330 e. The van der Waals surface area contributed by atoms with E-state index in [4.69, 9.17) is 15.7 Å².